The third-order valence-electron chi connectivity index (χ3n) is 4.01. The standard InChI is InChI=1S/C15H32N4O/c1-15(2,3)8-12(9-16)14(20)17-10-13-11-18(4)6-7-19(13)5/h12-13H,6-11,16H2,1-5H3,(H,17,20). The number of rotatable bonds is 5. The highest BCUT2D eigenvalue weighted by Crippen LogP contribution is 2.24. The fourth-order valence-electron chi connectivity index (χ4n) is 2.71. The van der Waals surface area contributed by atoms with E-state index in [0.29, 0.717) is 19.1 Å². The van der Waals surface area contributed by atoms with Crippen LogP contribution in [-0.2, 0) is 4.79 Å². The highest BCUT2D eigenvalue weighted by Gasteiger charge is 2.26. The summed E-state index contributed by atoms with van der Waals surface area (Å²) in [5.41, 5.74) is 5.89. The van der Waals surface area contributed by atoms with Gasteiger partial charge in [0.25, 0.3) is 0 Å². The van der Waals surface area contributed by atoms with Gasteiger partial charge in [0.1, 0.15) is 0 Å². The van der Waals surface area contributed by atoms with Gasteiger partial charge in [-0.1, -0.05) is 20.8 Å². The Kier molecular flexibility index (Phi) is 6.43. The van der Waals surface area contributed by atoms with Gasteiger partial charge >= 0.3 is 0 Å². The third kappa shape index (κ3) is 5.77. The Labute approximate surface area is 123 Å². The van der Waals surface area contributed by atoms with E-state index in [1.54, 1.807) is 0 Å². The first kappa shape index (κ1) is 17.4. The van der Waals surface area contributed by atoms with Gasteiger partial charge in [-0.05, 0) is 25.9 Å². The second kappa shape index (κ2) is 7.38. The van der Waals surface area contributed by atoms with E-state index in [0.717, 1.165) is 26.1 Å². The number of piperazine rings is 1. The molecule has 0 aromatic carbocycles. The Hall–Kier alpha value is -0.650. The van der Waals surface area contributed by atoms with Crippen molar-refractivity contribution in [2.24, 2.45) is 17.1 Å². The summed E-state index contributed by atoms with van der Waals surface area (Å²) in [7, 11) is 4.25. The Balaban J connectivity index is 2.44. The molecule has 0 radical (unpaired) electrons. The van der Waals surface area contributed by atoms with Crippen molar-refractivity contribution in [3.63, 3.8) is 0 Å². The molecule has 2 atom stereocenters. The van der Waals surface area contributed by atoms with Crippen LogP contribution in [0.25, 0.3) is 0 Å². The summed E-state index contributed by atoms with van der Waals surface area (Å²) in [6.07, 6.45) is 0.829. The highest BCUT2D eigenvalue weighted by molar-refractivity contribution is 5.78. The Morgan fingerprint density at radius 3 is 2.55 bits per heavy atom. The van der Waals surface area contributed by atoms with E-state index in [2.05, 4.69) is 50.0 Å². The molecule has 1 rings (SSSR count). The topological polar surface area (TPSA) is 61.6 Å². The number of nitrogens with zero attached hydrogens (tertiary/aromatic N) is 2. The van der Waals surface area contributed by atoms with Crippen LogP contribution >= 0.6 is 0 Å². The number of nitrogens with one attached hydrogen (secondary N) is 1. The first-order valence-corrected chi connectivity index (χ1v) is 7.59. The molecule has 0 aromatic heterocycles. The normalized spacial score (nSPS) is 23.6. The smallest absolute Gasteiger partial charge is 0.224 e. The number of amides is 1. The Morgan fingerprint density at radius 1 is 1.35 bits per heavy atom. The van der Waals surface area contributed by atoms with E-state index in [1.165, 1.54) is 0 Å². The number of carbonyl (C=O) groups is 1. The summed E-state index contributed by atoms with van der Waals surface area (Å²) in [4.78, 5) is 16.9. The molecule has 0 saturated carbocycles. The van der Waals surface area contributed by atoms with Crippen LogP contribution in [-0.4, -0.2) is 68.6 Å². The van der Waals surface area contributed by atoms with Gasteiger partial charge in [0.2, 0.25) is 5.91 Å². The Bertz CT molecular complexity index is 313. The molecule has 5 nitrogen and oxygen atoms in total. The minimum absolute atomic E-state index is 0.0818. The van der Waals surface area contributed by atoms with Gasteiger partial charge in [-0.2, -0.15) is 0 Å². The van der Waals surface area contributed by atoms with Crippen LogP contribution in [0.3, 0.4) is 0 Å². The maximum atomic E-state index is 12.3. The van der Waals surface area contributed by atoms with Gasteiger partial charge in [0.05, 0.1) is 5.92 Å². The lowest BCUT2D eigenvalue weighted by Gasteiger charge is -2.38. The molecule has 20 heavy (non-hydrogen) atoms. The quantitative estimate of drug-likeness (QED) is 0.765. The van der Waals surface area contributed by atoms with Crippen LogP contribution < -0.4 is 11.1 Å². The van der Waals surface area contributed by atoms with Crippen molar-refractivity contribution in [1.82, 2.24) is 15.1 Å². The lowest BCUT2D eigenvalue weighted by atomic mass is 9.84. The molecular formula is C15H32N4O. The zero-order valence-corrected chi connectivity index (χ0v) is 13.8. The van der Waals surface area contributed by atoms with Gasteiger partial charge in [-0.3, -0.25) is 9.69 Å². The lowest BCUT2D eigenvalue weighted by Crippen LogP contribution is -2.55. The minimum atomic E-state index is -0.0818. The molecule has 0 spiro atoms. The second-order valence-electron chi connectivity index (χ2n) is 7.34. The van der Waals surface area contributed by atoms with E-state index >= 15 is 0 Å². The molecule has 0 aromatic rings. The van der Waals surface area contributed by atoms with Crippen LogP contribution in [0.15, 0.2) is 0 Å². The predicted octanol–water partition coefficient (Wildman–Crippen LogP) is 0.360. The zero-order chi connectivity index (χ0) is 15.3. The SMILES string of the molecule is CN1CCN(C)C(CNC(=O)C(CN)CC(C)(C)C)C1. The third-order valence-corrected chi connectivity index (χ3v) is 4.01. The van der Waals surface area contributed by atoms with Gasteiger partial charge in [-0.15, -0.1) is 0 Å². The van der Waals surface area contributed by atoms with Crippen molar-refractivity contribution < 1.29 is 4.79 Å². The van der Waals surface area contributed by atoms with Crippen molar-refractivity contribution >= 4 is 5.91 Å². The molecule has 118 valence electrons. The molecule has 1 fully saturated rings. The summed E-state index contributed by atoms with van der Waals surface area (Å²) >= 11 is 0. The average Bonchev–Trinajstić information content (AvgIpc) is 2.35. The largest absolute Gasteiger partial charge is 0.354 e. The molecule has 0 aliphatic carbocycles. The monoisotopic (exact) mass is 284 g/mol. The summed E-state index contributed by atoms with van der Waals surface area (Å²) in [5.74, 6) is 0.0191. The van der Waals surface area contributed by atoms with Gasteiger partial charge in [0.15, 0.2) is 0 Å². The van der Waals surface area contributed by atoms with Crippen LogP contribution in [0, 0.1) is 11.3 Å². The maximum absolute atomic E-state index is 12.3. The van der Waals surface area contributed by atoms with Gasteiger partial charge in [0, 0.05) is 38.8 Å². The van der Waals surface area contributed by atoms with Gasteiger partial charge < -0.3 is 16.0 Å². The predicted molar refractivity (Wildman–Crippen MR) is 83.5 cm³/mol. The minimum Gasteiger partial charge on any atom is -0.354 e. The highest BCUT2D eigenvalue weighted by atomic mass is 16.1. The van der Waals surface area contributed by atoms with Crippen molar-refractivity contribution in [1.29, 1.82) is 0 Å². The van der Waals surface area contributed by atoms with Crippen molar-refractivity contribution in [3.05, 3.63) is 0 Å². The molecule has 1 aliphatic heterocycles. The average molecular weight is 284 g/mol. The maximum Gasteiger partial charge on any atom is 0.224 e. The summed E-state index contributed by atoms with van der Waals surface area (Å²) in [6.45, 7) is 10.7. The molecule has 1 heterocycles. The van der Waals surface area contributed by atoms with E-state index < -0.39 is 0 Å². The van der Waals surface area contributed by atoms with E-state index in [1.807, 2.05) is 0 Å². The molecule has 0 bridgehead atoms. The summed E-state index contributed by atoms with van der Waals surface area (Å²) in [5, 5.41) is 3.09. The van der Waals surface area contributed by atoms with Crippen molar-refractivity contribution in [2.75, 3.05) is 46.8 Å². The first-order valence-electron chi connectivity index (χ1n) is 7.59. The van der Waals surface area contributed by atoms with Crippen LogP contribution in [0.5, 0.6) is 0 Å². The van der Waals surface area contributed by atoms with Crippen LogP contribution in [0.2, 0.25) is 0 Å². The number of likely N-dealkylation sites (N-methyl/N-ethyl adjacent to an activating group) is 2. The fraction of sp³-hybridized carbons (Fsp3) is 0.933. The number of hydrogen-bond acceptors (Lipinski definition) is 4. The molecule has 3 N–H and O–H groups in total. The first-order chi connectivity index (χ1) is 9.23. The summed E-state index contributed by atoms with van der Waals surface area (Å²) < 4.78 is 0. The van der Waals surface area contributed by atoms with E-state index in [-0.39, 0.29) is 17.2 Å². The molecule has 5 heteroatoms. The molecule has 1 saturated heterocycles. The molecule has 1 aliphatic rings. The second-order valence-corrected chi connectivity index (χ2v) is 7.34. The number of hydrogen-bond donors (Lipinski definition) is 2. The lowest BCUT2D eigenvalue weighted by molar-refractivity contribution is -0.126. The zero-order valence-electron chi connectivity index (χ0n) is 13.8. The van der Waals surface area contributed by atoms with E-state index in [4.69, 9.17) is 5.73 Å². The molecule has 2 unspecified atom stereocenters. The van der Waals surface area contributed by atoms with Crippen LogP contribution in [0.4, 0.5) is 0 Å². The van der Waals surface area contributed by atoms with Crippen molar-refractivity contribution in [3.8, 4) is 0 Å². The fourth-order valence-corrected chi connectivity index (χ4v) is 2.71. The van der Waals surface area contributed by atoms with Crippen LogP contribution in [0.1, 0.15) is 27.2 Å². The molecular weight excluding hydrogens is 252 g/mol. The Morgan fingerprint density at radius 2 is 2.00 bits per heavy atom. The molecule has 1 amide bonds. The summed E-state index contributed by atoms with van der Waals surface area (Å²) in [6, 6.07) is 0.394. The van der Waals surface area contributed by atoms with E-state index in [9.17, 15) is 4.79 Å². The van der Waals surface area contributed by atoms with Crippen molar-refractivity contribution in [2.45, 2.75) is 33.2 Å². The van der Waals surface area contributed by atoms with Gasteiger partial charge in [-0.25, -0.2) is 0 Å². The number of nitrogens with two attached hydrogens (primary N) is 1. The number of carbonyl (C=O) groups excluding carboxylic acids is 1.